The van der Waals surface area contributed by atoms with Crippen LogP contribution in [0, 0.1) is 0 Å². The molecule has 1 aliphatic rings. The summed E-state index contributed by atoms with van der Waals surface area (Å²) in [6.07, 6.45) is 4.79. The van der Waals surface area contributed by atoms with Gasteiger partial charge in [-0.05, 0) is 37.1 Å². The van der Waals surface area contributed by atoms with Crippen LogP contribution in [0.3, 0.4) is 0 Å². The van der Waals surface area contributed by atoms with Crippen molar-refractivity contribution in [3.63, 3.8) is 0 Å². The Balaban J connectivity index is 1.86. The lowest BCUT2D eigenvalue weighted by molar-refractivity contribution is 0.101. The van der Waals surface area contributed by atoms with Crippen LogP contribution in [0.1, 0.15) is 28.7 Å². The summed E-state index contributed by atoms with van der Waals surface area (Å²) < 4.78 is 2.04. The number of nitrogens with zero attached hydrogens (tertiary/aromatic N) is 3. The highest BCUT2D eigenvalue weighted by Crippen LogP contribution is 2.30. The van der Waals surface area contributed by atoms with E-state index in [0.717, 1.165) is 30.9 Å². The van der Waals surface area contributed by atoms with Crippen molar-refractivity contribution in [3.8, 4) is 0 Å². The van der Waals surface area contributed by atoms with Crippen LogP contribution in [0.5, 0.6) is 0 Å². The first-order valence-corrected chi connectivity index (χ1v) is 6.50. The molecule has 0 unspecified atom stereocenters. The molecule has 0 saturated carbocycles. The molecule has 0 radical (unpaired) electrons. The van der Waals surface area contributed by atoms with Crippen molar-refractivity contribution in [1.82, 2.24) is 9.55 Å². The van der Waals surface area contributed by atoms with Gasteiger partial charge < -0.3 is 9.47 Å². The Morgan fingerprint density at radius 3 is 2.95 bits per heavy atom. The first-order chi connectivity index (χ1) is 9.15. The molecule has 1 aliphatic heterocycles. The zero-order chi connectivity index (χ0) is 13.4. The summed E-state index contributed by atoms with van der Waals surface area (Å²) >= 11 is 0. The molecule has 0 N–H and O–H groups in total. The quantitative estimate of drug-likeness (QED) is 0.789. The molecule has 0 fully saturated rings. The molecule has 0 atom stereocenters. The fourth-order valence-electron chi connectivity index (χ4n) is 2.57. The SMILES string of the molecule is CC(=O)c1ccc2c(c1)CCN2Cc1nccn1C. The van der Waals surface area contributed by atoms with E-state index in [0.29, 0.717) is 0 Å². The molecule has 2 heterocycles. The van der Waals surface area contributed by atoms with Crippen molar-refractivity contribution in [2.24, 2.45) is 7.05 Å². The van der Waals surface area contributed by atoms with E-state index in [1.807, 2.05) is 36.1 Å². The average Bonchev–Trinajstić information content (AvgIpc) is 2.97. The van der Waals surface area contributed by atoms with E-state index in [-0.39, 0.29) is 5.78 Å². The lowest BCUT2D eigenvalue weighted by Gasteiger charge is -2.19. The summed E-state index contributed by atoms with van der Waals surface area (Å²) in [5.41, 5.74) is 3.30. The van der Waals surface area contributed by atoms with Gasteiger partial charge in [-0.1, -0.05) is 0 Å². The number of aromatic nitrogens is 2. The average molecular weight is 255 g/mol. The second-order valence-corrected chi connectivity index (χ2v) is 5.03. The molecule has 4 nitrogen and oxygen atoms in total. The number of carbonyl (C=O) groups excluding carboxylic acids is 1. The molecule has 0 aliphatic carbocycles. The smallest absolute Gasteiger partial charge is 0.159 e. The maximum Gasteiger partial charge on any atom is 0.159 e. The zero-order valence-electron chi connectivity index (χ0n) is 11.3. The first-order valence-electron chi connectivity index (χ1n) is 6.50. The molecule has 3 rings (SSSR count). The van der Waals surface area contributed by atoms with Crippen LogP contribution >= 0.6 is 0 Å². The van der Waals surface area contributed by atoms with Gasteiger partial charge in [0.2, 0.25) is 0 Å². The van der Waals surface area contributed by atoms with Crippen molar-refractivity contribution in [3.05, 3.63) is 47.5 Å². The van der Waals surface area contributed by atoms with Crippen LogP contribution in [0.25, 0.3) is 0 Å². The van der Waals surface area contributed by atoms with Gasteiger partial charge >= 0.3 is 0 Å². The molecule has 0 bridgehead atoms. The molecule has 1 aromatic carbocycles. The standard InChI is InChI=1S/C15H17N3O/c1-11(19)12-3-4-14-13(9-12)5-7-18(14)10-15-16-6-8-17(15)2/h3-4,6,8-9H,5,7,10H2,1-2H3. The third kappa shape index (κ3) is 2.14. The minimum atomic E-state index is 0.130. The highest BCUT2D eigenvalue weighted by Gasteiger charge is 2.21. The maximum atomic E-state index is 11.4. The number of aryl methyl sites for hydroxylation is 1. The molecule has 98 valence electrons. The minimum Gasteiger partial charge on any atom is -0.363 e. The number of imidazole rings is 1. The Morgan fingerprint density at radius 1 is 1.42 bits per heavy atom. The molecule has 4 heteroatoms. The second kappa shape index (κ2) is 4.53. The Bertz CT molecular complexity index is 630. The van der Waals surface area contributed by atoms with E-state index in [4.69, 9.17) is 0 Å². The third-order valence-corrected chi connectivity index (χ3v) is 3.73. The van der Waals surface area contributed by atoms with Crippen LogP contribution < -0.4 is 4.90 Å². The van der Waals surface area contributed by atoms with Gasteiger partial charge in [0.05, 0.1) is 6.54 Å². The monoisotopic (exact) mass is 255 g/mol. The van der Waals surface area contributed by atoms with Crippen LogP contribution in [0.4, 0.5) is 5.69 Å². The van der Waals surface area contributed by atoms with E-state index in [1.165, 1.54) is 11.3 Å². The number of rotatable bonds is 3. The number of carbonyl (C=O) groups is 1. The van der Waals surface area contributed by atoms with Gasteiger partial charge in [-0.25, -0.2) is 4.98 Å². The van der Waals surface area contributed by atoms with Crippen LogP contribution in [0.2, 0.25) is 0 Å². The lowest BCUT2D eigenvalue weighted by Crippen LogP contribution is -2.21. The van der Waals surface area contributed by atoms with E-state index in [1.54, 1.807) is 6.92 Å². The summed E-state index contributed by atoms with van der Waals surface area (Å²) in [5, 5.41) is 0. The summed E-state index contributed by atoms with van der Waals surface area (Å²) in [5.74, 6) is 1.19. The molecular weight excluding hydrogens is 238 g/mol. The van der Waals surface area contributed by atoms with Gasteiger partial charge in [-0.3, -0.25) is 4.79 Å². The van der Waals surface area contributed by atoms with Crippen molar-refractivity contribution < 1.29 is 4.79 Å². The largest absolute Gasteiger partial charge is 0.363 e. The molecule has 1 aromatic heterocycles. The number of hydrogen-bond donors (Lipinski definition) is 0. The normalized spacial score (nSPS) is 13.7. The molecule has 2 aromatic rings. The molecule has 0 spiro atoms. The van der Waals surface area contributed by atoms with Crippen LogP contribution in [-0.4, -0.2) is 21.9 Å². The number of anilines is 1. The molecule has 0 amide bonds. The number of benzene rings is 1. The molecular formula is C15H17N3O. The fourth-order valence-corrected chi connectivity index (χ4v) is 2.57. The Morgan fingerprint density at radius 2 is 2.26 bits per heavy atom. The fraction of sp³-hybridized carbons (Fsp3) is 0.333. The van der Waals surface area contributed by atoms with E-state index in [2.05, 4.69) is 16.0 Å². The van der Waals surface area contributed by atoms with Crippen LogP contribution in [-0.2, 0) is 20.0 Å². The van der Waals surface area contributed by atoms with Gasteiger partial charge in [-0.2, -0.15) is 0 Å². The number of Topliss-reactive ketones (excluding diaryl/α,β-unsaturated/α-hetero) is 1. The van der Waals surface area contributed by atoms with E-state index in [9.17, 15) is 4.79 Å². The summed E-state index contributed by atoms with van der Waals surface area (Å²) in [6, 6.07) is 6.00. The third-order valence-electron chi connectivity index (χ3n) is 3.73. The lowest BCUT2D eigenvalue weighted by atomic mass is 10.1. The van der Waals surface area contributed by atoms with Crippen molar-refractivity contribution in [1.29, 1.82) is 0 Å². The predicted octanol–water partition coefficient (Wildman–Crippen LogP) is 2.19. The van der Waals surface area contributed by atoms with Gasteiger partial charge in [0.15, 0.2) is 5.78 Å². The van der Waals surface area contributed by atoms with Crippen molar-refractivity contribution >= 4 is 11.5 Å². The Labute approximate surface area is 112 Å². The van der Waals surface area contributed by atoms with Gasteiger partial charge in [0.1, 0.15) is 5.82 Å². The minimum absolute atomic E-state index is 0.130. The summed E-state index contributed by atoms with van der Waals surface area (Å²) in [4.78, 5) is 18.1. The van der Waals surface area contributed by atoms with Gasteiger partial charge in [0.25, 0.3) is 0 Å². The summed E-state index contributed by atoms with van der Waals surface area (Å²) in [6.45, 7) is 3.42. The van der Waals surface area contributed by atoms with E-state index >= 15 is 0 Å². The Hall–Kier alpha value is -2.10. The number of fused-ring (bicyclic) bond motifs is 1. The predicted molar refractivity (Wildman–Crippen MR) is 74.4 cm³/mol. The topological polar surface area (TPSA) is 38.1 Å². The van der Waals surface area contributed by atoms with Gasteiger partial charge in [-0.15, -0.1) is 0 Å². The molecule has 0 saturated heterocycles. The van der Waals surface area contributed by atoms with E-state index < -0.39 is 0 Å². The molecule has 19 heavy (non-hydrogen) atoms. The second-order valence-electron chi connectivity index (χ2n) is 5.03. The van der Waals surface area contributed by atoms with Crippen molar-refractivity contribution in [2.45, 2.75) is 19.9 Å². The zero-order valence-corrected chi connectivity index (χ0v) is 11.3. The maximum absolute atomic E-state index is 11.4. The van der Waals surface area contributed by atoms with Crippen LogP contribution in [0.15, 0.2) is 30.6 Å². The van der Waals surface area contributed by atoms with Crippen molar-refractivity contribution in [2.75, 3.05) is 11.4 Å². The highest BCUT2D eigenvalue weighted by atomic mass is 16.1. The Kier molecular flexibility index (Phi) is 2.85. The van der Waals surface area contributed by atoms with Gasteiger partial charge in [0, 0.05) is 37.2 Å². The first kappa shape index (κ1) is 12.0. The number of ketones is 1. The number of hydrogen-bond acceptors (Lipinski definition) is 3. The highest BCUT2D eigenvalue weighted by molar-refractivity contribution is 5.94. The summed E-state index contributed by atoms with van der Waals surface area (Å²) in [7, 11) is 2.01.